The average molecular weight is 432 g/mol. The molecule has 11 nitrogen and oxygen atoms in total. The number of aromatic nitrogens is 4. The van der Waals surface area contributed by atoms with Gasteiger partial charge in [-0.1, -0.05) is 12.1 Å². The topological polar surface area (TPSA) is 148 Å². The first kappa shape index (κ1) is 22.2. The smallest absolute Gasteiger partial charge is 0.258 e. The van der Waals surface area contributed by atoms with E-state index in [1.165, 1.54) is 24.9 Å². The summed E-state index contributed by atoms with van der Waals surface area (Å²) in [6, 6.07) is 9.05. The van der Waals surface area contributed by atoms with Crippen molar-refractivity contribution in [2.75, 3.05) is 12.4 Å². The van der Waals surface area contributed by atoms with Crippen LogP contribution in [0.25, 0.3) is 5.95 Å². The number of nitriles is 1. The molecule has 0 bridgehead atoms. The predicted molar refractivity (Wildman–Crippen MR) is 114 cm³/mol. The number of hydrogen-bond acceptors (Lipinski definition) is 9. The highest BCUT2D eigenvalue weighted by Gasteiger charge is 2.25. The second-order valence-corrected chi connectivity index (χ2v) is 6.77. The Morgan fingerprint density at radius 2 is 1.91 bits per heavy atom. The Morgan fingerprint density at radius 1 is 1.22 bits per heavy atom. The molecule has 1 unspecified atom stereocenters. The van der Waals surface area contributed by atoms with Crippen LogP contribution in [0.15, 0.2) is 46.8 Å². The highest BCUT2D eigenvalue weighted by atomic mass is 16.5. The summed E-state index contributed by atoms with van der Waals surface area (Å²) in [5.74, 6) is -0.604. The highest BCUT2D eigenvalue weighted by molar-refractivity contribution is 6.10. The SMILES string of the molecule is COc1ccccc1NC(=O)C(N=Nc1c(C#N)cnn1-c1nc(C)cc(C)n1)C(C)=O. The molecule has 0 aliphatic rings. The van der Waals surface area contributed by atoms with Gasteiger partial charge in [0.1, 0.15) is 17.4 Å². The fraction of sp³-hybridized carbons (Fsp3) is 0.238. The molecule has 2 heterocycles. The minimum absolute atomic E-state index is 0.00819. The molecular formula is C21H20N8O3. The monoisotopic (exact) mass is 432 g/mol. The van der Waals surface area contributed by atoms with E-state index in [2.05, 4.69) is 30.6 Å². The zero-order chi connectivity index (χ0) is 23.3. The van der Waals surface area contributed by atoms with Crippen LogP contribution in [0.3, 0.4) is 0 Å². The number of azo groups is 1. The lowest BCUT2D eigenvalue weighted by molar-refractivity contribution is -0.126. The van der Waals surface area contributed by atoms with Crippen LogP contribution in [0.1, 0.15) is 23.9 Å². The maximum atomic E-state index is 12.7. The Labute approximate surface area is 183 Å². The number of carbonyl (C=O) groups is 2. The summed E-state index contributed by atoms with van der Waals surface area (Å²) in [7, 11) is 1.47. The van der Waals surface area contributed by atoms with Gasteiger partial charge in [-0.2, -0.15) is 20.2 Å². The van der Waals surface area contributed by atoms with Crippen LogP contribution in [-0.4, -0.2) is 44.6 Å². The van der Waals surface area contributed by atoms with E-state index in [1.54, 1.807) is 44.2 Å². The van der Waals surface area contributed by atoms with Crippen molar-refractivity contribution in [1.82, 2.24) is 19.7 Å². The van der Waals surface area contributed by atoms with E-state index in [0.29, 0.717) is 22.8 Å². The molecular weight excluding hydrogens is 412 g/mol. The quantitative estimate of drug-likeness (QED) is 0.446. The number of Topliss-reactive ketones (excluding diaryl/α,β-unsaturated/α-hetero) is 1. The molecule has 1 amide bonds. The van der Waals surface area contributed by atoms with Crippen LogP contribution in [0.5, 0.6) is 5.75 Å². The number of rotatable bonds is 7. The van der Waals surface area contributed by atoms with Gasteiger partial charge >= 0.3 is 0 Å². The summed E-state index contributed by atoms with van der Waals surface area (Å²) >= 11 is 0. The summed E-state index contributed by atoms with van der Waals surface area (Å²) in [6.45, 7) is 4.81. The lowest BCUT2D eigenvalue weighted by Crippen LogP contribution is -2.32. The molecule has 0 spiro atoms. The van der Waals surface area contributed by atoms with E-state index in [9.17, 15) is 14.9 Å². The molecule has 0 saturated heterocycles. The number of ketones is 1. The van der Waals surface area contributed by atoms with Gasteiger partial charge in [-0.3, -0.25) is 9.59 Å². The van der Waals surface area contributed by atoms with Gasteiger partial charge in [0, 0.05) is 11.4 Å². The van der Waals surface area contributed by atoms with Gasteiger partial charge in [-0.15, -0.1) is 5.11 Å². The standard InChI is InChI=1S/C21H20N8O3/c1-12-9-13(2)25-21(24-12)29-19(15(10-22)11-23-29)28-27-18(14(3)30)20(31)26-16-7-5-6-8-17(16)32-4/h5-9,11,18H,1-4H3,(H,26,31). The van der Waals surface area contributed by atoms with Crippen molar-refractivity contribution in [3.63, 3.8) is 0 Å². The van der Waals surface area contributed by atoms with Crippen molar-refractivity contribution in [3.05, 3.63) is 53.5 Å². The maximum Gasteiger partial charge on any atom is 0.258 e. The van der Waals surface area contributed by atoms with E-state index in [0.717, 1.165) is 0 Å². The molecule has 32 heavy (non-hydrogen) atoms. The lowest BCUT2D eigenvalue weighted by atomic mass is 10.2. The number of nitrogens with one attached hydrogen (secondary N) is 1. The Morgan fingerprint density at radius 3 is 2.53 bits per heavy atom. The third-order valence-electron chi connectivity index (χ3n) is 4.29. The van der Waals surface area contributed by atoms with E-state index in [-0.39, 0.29) is 17.3 Å². The number of methoxy groups -OCH3 is 1. The van der Waals surface area contributed by atoms with Gasteiger partial charge in [0.05, 0.1) is 19.0 Å². The van der Waals surface area contributed by atoms with E-state index in [4.69, 9.17) is 4.74 Å². The van der Waals surface area contributed by atoms with E-state index < -0.39 is 17.7 Å². The highest BCUT2D eigenvalue weighted by Crippen LogP contribution is 2.25. The second-order valence-electron chi connectivity index (χ2n) is 6.77. The summed E-state index contributed by atoms with van der Waals surface area (Å²) in [5, 5.41) is 24.1. The van der Waals surface area contributed by atoms with Crippen LogP contribution in [0, 0.1) is 25.2 Å². The van der Waals surface area contributed by atoms with Crippen molar-refractivity contribution in [3.8, 4) is 17.8 Å². The Kier molecular flexibility index (Phi) is 6.65. The second kappa shape index (κ2) is 9.57. The third-order valence-corrected chi connectivity index (χ3v) is 4.29. The zero-order valence-corrected chi connectivity index (χ0v) is 17.9. The number of para-hydroxylation sites is 2. The molecule has 2 aromatic heterocycles. The van der Waals surface area contributed by atoms with Crippen molar-refractivity contribution in [2.24, 2.45) is 10.2 Å². The molecule has 0 saturated carbocycles. The first-order valence-electron chi connectivity index (χ1n) is 9.50. The first-order chi connectivity index (χ1) is 15.3. The molecule has 11 heteroatoms. The minimum Gasteiger partial charge on any atom is -0.495 e. The molecule has 1 N–H and O–H groups in total. The average Bonchev–Trinajstić information content (AvgIpc) is 3.16. The molecule has 0 aliphatic heterocycles. The van der Waals surface area contributed by atoms with Gasteiger partial charge in [-0.05, 0) is 39.0 Å². The van der Waals surface area contributed by atoms with Crippen LogP contribution in [-0.2, 0) is 9.59 Å². The summed E-state index contributed by atoms with van der Waals surface area (Å²) in [4.78, 5) is 33.5. The van der Waals surface area contributed by atoms with Gasteiger partial charge in [0.2, 0.25) is 6.04 Å². The number of benzene rings is 1. The van der Waals surface area contributed by atoms with Crippen molar-refractivity contribution in [2.45, 2.75) is 26.8 Å². The maximum absolute atomic E-state index is 12.7. The van der Waals surface area contributed by atoms with E-state index in [1.807, 2.05) is 6.07 Å². The molecule has 3 aromatic rings. The Bertz CT molecular complexity index is 1220. The fourth-order valence-corrected chi connectivity index (χ4v) is 2.85. The molecule has 0 radical (unpaired) electrons. The van der Waals surface area contributed by atoms with Crippen LogP contribution < -0.4 is 10.1 Å². The molecule has 0 aliphatic carbocycles. The number of carbonyl (C=O) groups excluding carboxylic acids is 2. The lowest BCUT2D eigenvalue weighted by Gasteiger charge is -2.12. The first-order valence-corrected chi connectivity index (χ1v) is 9.50. The van der Waals surface area contributed by atoms with Crippen LogP contribution in [0.4, 0.5) is 11.5 Å². The number of ether oxygens (including phenoxy) is 1. The zero-order valence-electron chi connectivity index (χ0n) is 17.9. The number of nitrogens with zero attached hydrogens (tertiary/aromatic N) is 7. The van der Waals surface area contributed by atoms with Gasteiger partial charge in [0.15, 0.2) is 11.6 Å². The van der Waals surface area contributed by atoms with Crippen molar-refractivity contribution in [1.29, 1.82) is 5.26 Å². The third kappa shape index (κ3) is 4.81. The number of aryl methyl sites for hydroxylation is 2. The Balaban J connectivity index is 1.95. The van der Waals surface area contributed by atoms with E-state index >= 15 is 0 Å². The van der Waals surface area contributed by atoms with Gasteiger partial charge in [-0.25, -0.2) is 9.97 Å². The largest absolute Gasteiger partial charge is 0.495 e. The molecule has 1 atom stereocenters. The number of amides is 1. The molecule has 1 aromatic carbocycles. The van der Waals surface area contributed by atoms with Crippen LogP contribution >= 0.6 is 0 Å². The summed E-state index contributed by atoms with van der Waals surface area (Å²) in [5.41, 5.74) is 1.86. The normalized spacial score (nSPS) is 11.7. The number of anilines is 1. The fourth-order valence-electron chi connectivity index (χ4n) is 2.85. The Hall–Kier alpha value is -4.46. The molecule has 0 fully saturated rings. The van der Waals surface area contributed by atoms with Gasteiger partial charge in [0.25, 0.3) is 11.9 Å². The van der Waals surface area contributed by atoms with Crippen molar-refractivity contribution >= 4 is 23.2 Å². The summed E-state index contributed by atoms with van der Waals surface area (Å²) in [6.07, 6.45) is 1.28. The predicted octanol–water partition coefficient (Wildman–Crippen LogP) is 2.84. The number of hydrogen-bond donors (Lipinski definition) is 1. The van der Waals surface area contributed by atoms with Crippen LogP contribution in [0.2, 0.25) is 0 Å². The summed E-state index contributed by atoms with van der Waals surface area (Å²) < 4.78 is 6.44. The minimum atomic E-state index is -1.45. The molecule has 162 valence electrons. The van der Waals surface area contributed by atoms with Crippen molar-refractivity contribution < 1.29 is 14.3 Å². The molecule has 3 rings (SSSR count). The van der Waals surface area contributed by atoms with Gasteiger partial charge < -0.3 is 10.1 Å².